The van der Waals surface area contributed by atoms with Crippen molar-refractivity contribution >= 4 is 11.9 Å². The lowest BCUT2D eigenvalue weighted by atomic mass is 9.94. The van der Waals surface area contributed by atoms with Crippen molar-refractivity contribution in [2.24, 2.45) is 17.8 Å². The third-order valence-electron chi connectivity index (χ3n) is 4.05. The SMILES string of the molecule is CCN(Cc1ccco1)C(=O)[C@H]1CC(C)C[C@H]1C(=O)O. The average Bonchev–Trinajstić information content (AvgIpc) is 3.04. The van der Waals surface area contributed by atoms with Gasteiger partial charge in [-0.2, -0.15) is 0 Å². The first-order chi connectivity index (χ1) is 9.52. The molecular formula is C15H21NO4. The Hall–Kier alpha value is -1.78. The zero-order valence-electron chi connectivity index (χ0n) is 11.9. The number of aliphatic carboxylic acids is 1. The maximum atomic E-state index is 12.6. The molecule has 5 heteroatoms. The molecule has 1 aromatic rings. The van der Waals surface area contributed by atoms with E-state index >= 15 is 0 Å². The molecule has 1 saturated carbocycles. The minimum atomic E-state index is -0.859. The number of hydrogen-bond acceptors (Lipinski definition) is 3. The van der Waals surface area contributed by atoms with Crippen LogP contribution in [0, 0.1) is 17.8 Å². The lowest BCUT2D eigenvalue weighted by Crippen LogP contribution is -2.38. The highest BCUT2D eigenvalue weighted by Gasteiger charge is 2.42. The highest BCUT2D eigenvalue weighted by atomic mass is 16.4. The van der Waals surface area contributed by atoms with E-state index in [0.717, 1.165) is 5.76 Å². The Morgan fingerprint density at radius 2 is 2.10 bits per heavy atom. The smallest absolute Gasteiger partial charge is 0.307 e. The number of hydrogen-bond donors (Lipinski definition) is 1. The quantitative estimate of drug-likeness (QED) is 0.898. The Kier molecular flexibility index (Phi) is 4.47. The molecule has 1 N–H and O–H groups in total. The monoisotopic (exact) mass is 279 g/mol. The Labute approximate surface area is 118 Å². The molecule has 2 rings (SSSR count). The van der Waals surface area contributed by atoms with Crippen LogP contribution in [0.3, 0.4) is 0 Å². The van der Waals surface area contributed by atoms with E-state index in [-0.39, 0.29) is 11.8 Å². The summed E-state index contributed by atoms with van der Waals surface area (Å²) in [6.45, 7) is 4.86. The van der Waals surface area contributed by atoms with Gasteiger partial charge in [-0.25, -0.2) is 0 Å². The van der Waals surface area contributed by atoms with Crippen molar-refractivity contribution in [2.75, 3.05) is 6.54 Å². The van der Waals surface area contributed by atoms with Gasteiger partial charge in [-0.1, -0.05) is 6.92 Å². The standard InChI is InChI=1S/C15H21NO4/c1-3-16(9-11-5-4-6-20-11)14(17)12-7-10(2)8-13(12)15(18)19/h4-6,10,12-13H,3,7-9H2,1-2H3,(H,18,19)/t10?,12-,13+/m0/s1. The van der Waals surface area contributed by atoms with Crippen LogP contribution < -0.4 is 0 Å². The summed E-state index contributed by atoms with van der Waals surface area (Å²) >= 11 is 0. The molecule has 1 unspecified atom stereocenters. The van der Waals surface area contributed by atoms with Crippen LogP contribution in [-0.2, 0) is 16.1 Å². The first kappa shape index (κ1) is 14.6. The summed E-state index contributed by atoms with van der Waals surface area (Å²) in [5.41, 5.74) is 0. The van der Waals surface area contributed by atoms with Crippen LogP contribution in [0.1, 0.15) is 32.4 Å². The van der Waals surface area contributed by atoms with Crippen LogP contribution in [-0.4, -0.2) is 28.4 Å². The van der Waals surface area contributed by atoms with Crippen molar-refractivity contribution in [3.63, 3.8) is 0 Å². The second-order valence-electron chi connectivity index (χ2n) is 5.56. The number of nitrogens with zero attached hydrogens (tertiary/aromatic N) is 1. The highest BCUT2D eigenvalue weighted by Crippen LogP contribution is 2.37. The fourth-order valence-electron chi connectivity index (χ4n) is 3.01. The van der Waals surface area contributed by atoms with Crippen LogP contribution in [0.5, 0.6) is 0 Å². The molecule has 110 valence electrons. The first-order valence-corrected chi connectivity index (χ1v) is 7.06. The van der Waals surface area contributed by atoms with Crippen molar-refractivity contribution in [3.8, 4) is 0 Å². The molecule has 1 aliphatic carbocycles. The van der Waals surface area contributed by atoms with Crippen molar-refractivity contribution in [1.29, 1.82) is 0 Å². The summed E-state index contributed by atoms with van der Waals surface area (Å²) in [5.74, 6) is -0.881. The predicted octanol–water partition coefficient (Wildman–Crippen LogP) is 2.38. The Bertz CT molecular complexity index is 468. The van der Waals surface area contributed by atoms with Gasteiger partial charge in [-0.05, 0) is 37.8 Å². The number of carboxylic acids is 1. The van der Waals surface area contributed by atoms with Crippen molar-refractivity contribution in [1.82, 2.24) is 4.90 Å². The number of furan rings is 1. The van der Waals surface area contributed by atoms with Crippen LogP contribution in [0.4, 0.5) is 0 Å². The van der Waals surface area contributed by atoms with Crippen molar-refractivity contribution < 1.29 is 19.1 Å². The van der Waals surface area contributed by atoms with Crippen molar-refractivity contribution in [2.45, 2.75) is 33.2 Å². The van der Waals surface area contributed by atoms with E-state index in [1.54, 1.807) is 17.2 Å². The van der Waals surface area contributed by atoms with Gasteiger partial charge in [0, 0.05) is 6.54 Å². The van der Waals surface area contributed by atoms with E-state index in [9.17, 15) is 14.7 Å². The van der Waals surface area contributed by atoms with E-state index in [1.165, 1.54) is 0 Å². The van der Waals surface area contributed by atoms with Gasteiger partial charge in [0.2, 0.25) is 5.91 Å². The minimum Gasteiger partial charge on any atom is -0.481 e. The van der Waals surface area contributed by atoms with Gasteiger partial charge in [-0.3, -0.25) is 9.59 Å². The second kappa shape index (κ2) is 6.11. The van der Waals surface area contributed by atoms with Crippen LogP contribution in [0.2, 0.25) is 0 Å². The van der Waals surface area contributed by atoms with Crippen molar-refractivity contribution in [3.05, 3.63) is 24.2 Å². The predicted molar refractivity (Wildman–Crippen MR) is 72.8 cm³/mol. The van der Waals surface area contributed by atoms with Crippen LogP contribution >= 0.6 is 0 Å². The van der Waals surface area contributed by atoms with E-state index in [1.807, 2.05) is 19.9 Å². The van der Waals surface area contributed by atoms with Crippen LogP contribution in [0.25, 0.3) is 0 Å². The molecule has 0 saturated heterocycles. The zero-order chi connectivity index (χ0) is 14.7. The Morgan fingerprint density at radius 1 is 1.40 bits per heavy atom. The number of rotatable bonds is 5. The normalized spacial score (nSPS) is 25.6. The number of carboxylic acid groups (broad SMARTS) is 1. The lowest BCUT2D eigenvalue weighted by molar-refractivity contribution is -0.149. The molecule has 0 aliphatic heterocycles. The number of amides is 1. The molecule has 1 aliphatic rings. The molecule has 5 nitrogen and oxygen atoms in total. The maximum absolute atomic E-state index is 12.6. The molecule has 1 aromatic heterocycles. The molecule has 1 amide bonds. The van der Waals surface area contributed by atoms with Gasteiger partial charge in [0.1, 0.15) is 5.76 Å². The fraction of sp³-hybridized carbons (Fsp3) is 0.600. The molecule has 0 aromatic carbocycles. The molecule has 20 heavy (non-hydrogen) atoms. The maximum Gasteiger partial charge on any atom is 0.307 e. The Morgan fingerprint density at radius 3 is 2.65 bits per heavy atom. The van der Waals surface area contributed by atoms with Gasteiger partial charge in [-0.15, -0.1) is 0 Å². The fourth-order valence-corrected chi connectivity index (χ4v) is 3.01. The highest BCUT2D eigenvalue weighted by molar-refractivity contribution is 5.85. The van der Waals surface area contributed by atoms with Gasteiger partial charge < -0.3 is 14.4 Å². The topological polar surface area (TPSA) is 70.8 Å². The van der Waals surface area contributed by atoms with E-state index < -0.39 is 17.8 Å². The molecule has 0 bridgehead atoms. The summed E-state index contributed by atoms with van der Waals surface area (Å²) < 4.78 is 5.26. The van der Waals surface area contributed by atoms with Gasteiger partial charge in [0.25, 0.3) is 0 Å². The average molecular weight is 279 g/mol. The molecule has 3 atom stereocenters. The molecule has 1 fully saturated rings. The zero-order valence-corrected chi connectivity index (χ0v) is 11.9. The third kappa shape index (κ3) is 3.03. The summed E-state index contributed by atoms with van der Waals surface area (Å²) in [4.78, 5) is 25.6. The molecule has 0 radical (unpaired) electrons. The van der Waals surface area contributed by atoms with Crippen LogP contribution in [0.15, 0.2) is 22.8 Å². The molecule has 0 spiro atoms. The molecular weight excluding hydrogens is 258 g/mol. The Balaban J connectivity index is 2.09. The largest absolute Gasteiger partial charge is 0.481 e. The first-order valence-electron chi connectivity index (χ1n) is 7.06. The van der Waals surface area contributed by atoms with Gasteiger partial charge >= 0.3 is 5.97 Å². The second-order valence-corrected chi connectivity index (χ2v) is 5.56. The summed E-state index contributed by atoms with van der Waals surface area (Å²) in [6.07, 6.45) is 2.82. The van der Waals surface area contributed by atoms with E-state index in [2.05, 4.69) is 0 Å². The number of carbonyl (C=O) groups excluding carboxylic acids is 1. The third-order valence-corrected chi connectivity index (χ3v) is 4.05. The van der Waals surface area contributed by atoms with E-state index in [0.29, 0.717) is 25.9 Å². The van der Waals surface area contributed by atoms with Gasteiger partial charge in [0.15, 0.2) is 0 Å². The minimum absolute atomic E-state index is 0.0688. The molecule has 1 heterocycles. The van der Waals surface area contributed by atoms with E-state index in [4.69, 9.17) is 4.42 Å². The summed E-state index contributed by atoms with van der Waals surface area (Å²) in [5, 5.41) is 9.27. The summed E-state index contributed by atoms with van der Waals surface area (Å²) in [7, 11) is 0. The number of carbonyl (C=O) groups is 2. The lowest BCUT2D eigenvalue weighted by Gasteiger charge is -2.25. The summed E-state index contributed by atoms with van der Waals surface area (Å²) in [6, 6.07) is 3.60. The van der Waals surface area contributed by atoms with Gasteiger partial charge in [0.05, 0.1) is 24.6 Å².